The molecule has 10 nitrogen and oxygen atoms in total. The second-order valence-electron chi connectivity index (χ2n) is 26.0. The van der Waals surface area contributed by atoms with Crippen LogP contribution in [0.5, 0.6) is 0 Å². The van der Waals surface area contributed by atoms with Gasteiger partial charge in [0.25, 0.3) is 0 Å². The van der Waals surface area contributed by atoms with Gasteiger partial charge in [0.15, 0.2) is 28.9 Å². The summed E-state index contributed by atoms with van der Waals surface area (Å²) < 4.78 is 13.9. The lowest BCUT2D eigenvalue weighted by atomic mass is 9.92. The SMILES string of the molecule is c1ccc(-c2nc(-c3ccccc3)nc(-c3ccc(-c4ccc(-c5ccc6c(-c7ccc(C8=NC(c9ccc(-c%10ccc(-c%11ccc%12ccccc%12c%11)c%11oc%12cc%13ccccc%13nc%12c%10%11)cc9)=NC(c9ccccc9)N8)cc7)cccc6c5)c5oc6cc7cnccc7cc6c45)cc3)n2)cc1. The van der Waals surface area contributed by atoms with Crippen molar-refractivity contribution in [1.29, 1.82) is 0 Å². The Bertz CT molecular complexity index is 6570. The number of nitrogens with zero attached hydrogens (tertiary/aromatic N) is 7. The van der Waals surface area contributed by atoms with E-state index in [1.54, 1.807) is 0 Å². The normalized spacial score (nSPS) is 13.2. The molecule has 10 heteroatoms. The summed E-state index contributed by atoms with van der Waals surface area (Å²) in [6, 6.07) is 110. The Morgan fingerprint density at radius 2 is 0.814 bits per heavy atom. The molecule has 0 radical (unpaired) electrons. The molecule has 19 aromatic rings. The van der Waals surface area contributed by atoms with Crippen LogP contribution in [0.4, 0.5) is 0 Å². The molecule has 1 N–H and O–H groups in total. The van der Waals surface area contributed by atoms with Crippen molar-refractivity contribution in [2.75, 3.05) is 0 Å². The third-order valence-corrected chi connectivity index (χ3v) is 19.9. The number of pyridine rings is 2. The number of hydrogen-bond donors (Lipinski definition) is 1. The number of aliphatic imine (C=N–C) groups is 2. The van der Waals surface area contributed by atoms with Gasteiger partial charge in [-0.05, 0) is 132 Å². The number of nitrogens with one attached hydrogen (secondary N) is 1. The van der Waals surface area contributed by atoms with Gasteiger partial charge in [-0.1, -0.05) is 261 Å². The summed E-state index contributed by atoms with van der Waals surface area (Å²) in [5.74, 6) is 3.21. The highest BCUT2D eigenvalue weighted by atomic mass is 16.3. The van der Waals surface area contributed by atoms with E-state index in [0.717, 1.165) is 171 Å². The monoisotopic (exact) mass is 1300 g/mol. The van der Waals surface area contributed by atoms with E-state index >= 15 is 0 Å². The van der Waals surface area contributed by atoms with Crippen molar-refractivity contribution in [1.82, 2.24) is 30.2 Å². The summed E-state index contributed by atoms with van der Waals surface area (Å²) in [6.45, 7) is 0. The third-order valence-electron chi connectivity index (χ3n) is 19.9. The molecular formula is C92H56N8O2. The molecule has 102 heavy (non-hydrogen) atoms. The second-order valence-corrected chi connectivity index (χ2v) is 26.0. The van der Waals surface area contributed by atoms with Gasteiger partial charge in [0.1, 0.15) is 34.3 Å². The van der Waals surface area contributed by atoms with E-state index in [1.807, 2.05) is 91.3 Å². The van der Waals surface area contributed by atoms with Crippen LogP contribution < -0.4 is 5.32 Å². The number of benzene rings is 14. The highest BCUT2D eigenvalue weighted by Crippen LogP contribution is 2.46. The van der Waals surface area contributed by atoms with Crippen molar-refractivity contribution in [3.63, 3.8) is 0 Å². The van der Waals surface area contributed by atoms with Gasteiger partial charge in [-0.2, -0.15) is 0 Å². The van der Waals surface area contributed by atoms with Crippen molar-refractivity contribution in [2.45, 2.75) is 6.17 Å². The van der Waals surface area contributed by atoms with E-state index in [-0.39, 0.29) is 6.17 Å². The van der Waals surface area contributed by atoms with E-state index in [2.05, 4.69) is 247 Å². The lowest BCUT2D eigenvalue weighted by molar-refractivity contribution is 0.670. The van der Waals surface area contributed by atoms with E-state index < -0.39 is 0 Å². The van der Waals surface area contributed by atoms with Crippen LogP contribution in [0.2, 0.25) is 0 Å². The minimum Gasteiger partial charge on any atom is -0.455 e. The predicted octanol–water partition coefficient (Wildman–Crippen LogP) is 22.9. The third kappa shape index (κ3) is 10.2. The highest BCUT2D eigenvalue weighted by Gasteiger charge is 2.25. The zero-order valence-corrected chi connectivity index (χ0v) is 54.7. The Morgan fingerprint density at radius 3 is 1.52 bits per heavy atom. The Hall–Kier alpha value is -13.8. The highest BCUT2D eigenvalue weighted by molar-refractivity contribution is 6.20. The fourth-order valence-electron chi connectivity index (χ4n) is 14.7. The van der Waals surface area contributed by atoms with Gasteiger partial charge in [-0.15, -0.1) is 0 Å². The second kappa shape index (κ2) is 24.0. The first kappa shape index (κ1) is 58.3. The summed E-state index contributed by atoms with van der Waals surface area (Å²) in [7, 11) is 0. The average Bonchev–Trinajstić information content (AvgIpc) is 1.59. The number of para-hydroxylation sites is 1. The quantitative estimate of drug-likeness (QED) is 0.136. The summed E-state index contributed by atoms with van der Waals surface area (Å²) in [5, 5.41) is 14.5. The van der Waals surface area contributed by atoms with Crippen molar-refractivity contribution in [3.05, 3.63) is 345 Å². The number of hydrogen-bond acceptors (Lipinski definition) is 10. The lowest BCUT2D eigenvalue weighted by Gasteiger charge is -2.24. The molecule has 0 spiro atoms. The molecule has 1 atom stereocenters. The van der Waals surface area contributed by atoms with Gasteiger partial charge >= 0.3 is 0 Å². The molecule has 476 valence electrons. The van der Waals surface area contributed by atoms with Gasteiger partial charge < -0.3 is 14.2 Å². The van der Waals surface area contributed by atoms with Crippen LogP contribution in [0.25, 0.3) is 177 Å². The molecule has 1 aliphatic rings. The van der Waals surface area contributed by atoms with Crippen molar-refractivity contribution in [3.8, 4) is 89.8 Å². The van der Waals surface area contributed by atoms with Crippen LogP contribution in [0.15, 0.2) is 347 Å². The number of aromatic nitrogens is 5. The first-order chi connectivity index (χ1) is 50.5. The number of furan rings is 2. The predicted molar refractivity (Wildman–Crippen MR) is 415 cm³/mol. The van der Waals surface area contributed by atoms with E-state index in [9.17, 15) is 0 Å². The molecule has 1 unspecified atom stereocenters. The van der Waals surface area contributed by atoms with Gasteiger partial charge in [0.05, 0.1) is 10.9 Å². The molecular weight excluding hydrogens is 1250 g/mol. The molecule has 0 saturated heterocycles. The Labute approximate surface area is 585 Å². The molecule has 1 aliphatic heterocycles. The van der Waals surface area contributed by atoms with E-state index in [0.29, 0.717) is 23.3 Å². The number of amidine groups is 2. The molecule has 14 aromatic carbocycles. The van der Waals surface area contributed by atoms with Crippen LogP contribution >= 0.6 is 0 Å². The topological polar surface area (TPSA) is 127 Å². The minimum atomic E-state index is -0.376. The van der Waals surface area contributed by atoms with Crippen molar-refractivity contribution < 1.29 is 8.83 Å². The molecule has 20 rings (SSSR count). The summed E-state index contributed by atoms with van der Waals surface area (Å²) in [6.07, 6.45) is 3.36. The van der Waals surface area contributed by atoms with Gasteiger partial charge in [-0.3, -0.25) is 4.98 Å². The van der Waals surface area contributed by atoms with Crippen LogP contribution in [0.3, 0.4) is 0 Å². The van der Waals surface area contributed by atoms with Crippen LogP contribution in [-0.4, -0.2) is 36.6 Å². The Morgan fingerprint density at radius 1 is 0.304 bits per heavy atom. The van der Waals surface area contributed by atoms with E-state index in [4.69, 9.17) is 38.8 Å². The number of rotatable bonds is 11. The average molecular weight is 1310 g/mol. The maximum atomic E-state index is 7.04. The van der Waals surface area contributed by atoms with Crippen LogP contribution in [-0.2, 0) is 0 Å². The van der Waals surface area contributed by atoms with Gasteiger partial charge in [0, 0.05) is 72.9 Å². The largest absolute Gasteiger partial charge is 0.455 e. The van der Waals surface area contributed by atoms with Crippen LogP contribution in [0, 0.1) is 0 Å². The first-order valence-corrected chi connectivity index (χ1v) is 34.2. The molecule has 0 saturated carbocycles. The molecule has 0 fully saturated rings. The Balaban J connectivity index is 0.624. The Kier molecular flexibility index (Phi) is 13.7. The zero-order chi connectivity index (χ0) is 67.2. The fourth-order valence-corrected chi connectivity index (χ4v) is 14.7. The summed E-state index contributed by atoms with van der Waals surface area (Å²) in [4.78, 5) is 35.3. The summed E-state index contributed by atoms with van der Waals surface area (Å²) >= 11 is 0. The van der Waals surface area contributed by atoms with Crippen LogP contribution in [0.1, 0.15) is 22.9 Å². The van der Waals surface area contributed by atoms with Crippen molar-refractivity contribution >= 4 is 98.9 Å². The summed E-state index contributed by atoms with van der Waals surface area (Å²) in [5.41, 5.74) is 21.1. The first-order valence-electron chi connectivity index (χ1n) is 34.2. The molecule has 0 amide bonds. The zero-order valence-electron chi connectivity index (χ0n) is 54.7. The maximum absolute atomic E-state index is 7.04. The van der Waals surface area contributed by atoms with E-state index in [1.165, 1.54) is 10.8 Å². The fraction of sp³-hybridized carbons (Fsp3) is 0.0109. The van der Waals surface area contributed by atoms with Crippen molar-refractivity contribution in [2.24, 2.45) is 9.98 Å². The standard InChI is InChI=1S/C92H56N8O2/c1-4-16-59(17-5-1)87-95-88(60-18-6-2-7-19-60)97-90(96-87)63-36-30-57(31-37-63)74-43-45-76(85-82(74)78-51-66-47-48-93-54-71(66)53-80(78)101-85)69-41-42-73-67(50-69)24-14-25-72(73)56-28-34-62(35-29-56)91-98-89(61-20-8-3-9-21-61)99-92(100-91)64-38-32-58(33-39-64)75-44-46-77(68-40-27-55-15-10-11-22-65(55)49-68)86-83(75)84-81(102-86)52-70-23-12-13-26-79(70)94-84/h1-54,89H,(H,98,99,100). The minimum absolute atomic E-state index is 0.376. The molecule has 0 bridgehead atoms. The lowest BCUT2D eigenvalue weighted by Crippen LogP contribution is -2.33. The molecule has 6 heterocycles. The maximum Gasteiger partial charge on any atom is 0.164 e. The van der Waals surface area contributed by atoms with Gasteiger partial charge in [0.2, 0.25) is 0 Å². The number of fused-ring (bicyclic) bond motifs is 10. The van der Waals surface area contributed by atoms with Gasteiger partial charge in [-0.25, -0.2) is 29.9 Å². The molecule has 5 aromatic heterocycles. The molecule has 0 aliphatic carbocycles. The smallest absolute Gasteiger partial charge is 0.164 e.